The first kappa shape index (κ1) is 14.1. The number of nitrogens with zero attached hydrogens (tertiary/aromatic N) is 3. The number of thiophene rings is 1. The molecule has 0 radical (unpaired) electrons. The van der Waals surface area contributed by atoms with Crippen molar-refractivity contribution in [2.24, 2.45) is 0 Å². The molecule has 0 aliphatic carbocycles. The van der Waals surface area contributed by atoms with E-state index in [0.717, 1.165) is 37.4 Å². The maximum absolute atomic E-state index is 6.14. The second-order valence-electron chi connectivity index (χ2n) is 4.77. The Kier molecular flexibility index (Phi) is 4.16. The van der Waals surface area contributed by atoms with Crippen LogP contribution in [0.25, 0.3) is 11.4 Å². The van der Waals surface area contributed by atoms with Gasteiger partial charge >= 0.3 is 0 Å². The van der Waals surface area contributed by atoms with Crippen LogP contribution in [-0.2, 0) is 0 Å². The first-order chi connectivity index (χ1) is 9.67. The van der Waals surface area contributed by atoms with Gasteiger partial charge in [-0.15, -0.1) is 16.4 Å². The minimum absolute atomic E-state index is 0.592. The summed E-state index contributed by atoms with van der Waals surface area (Å²) in [6.45, 7) is 1.92. The predicted octanol–water partition coefficient (Wildman–Crippen LogP) is 3.03. The zero-order valence-electron chi connectivity index (χ0n) is 11.0. The number of piperidine rings is 1. The zero-order valence-corrected chi connectivity index (χ0v) is 13.3. The van der Waals surface area contributed by atoms with Gasteiger partial charge in [-0.05, 0) is 26.0 Å². The highest BCUT2D eigenvalue weighted by molar-refractivity contribution is 7.20. The van der Waals surface area contributed by atoms with Gasteiger partial charge < -0.3 is 10.2 Å². The average molecular weight is 332 g/mol. The molecule has 5 nitrogen and oxygen atoms in total. The van der Waals surface area contributed by atoms with Gasteiger partial charge in [0, 0.05) is 24.7 Å². The Labute approximate surface area is 131 Å². The van der Waals surface area contributed by atoms with Crippen LogP contribution in [0.15, 0.2) is 6.07 Å². The predicted molar refractivity (Wildman–Crippen MR) is 84.0 cm³/mol. The van der Waals surface area contributed by atoms with Gasteiger partial charge in [0.25, 0.3) is 0 Å². The Morgan fingerprint density at radius 2 is 2.15 bits per heavy atom. The van der Waals surface area contributed by atoms with Crippen molar-refractivity contribution in [3.05, 3.63) is 14.7 Å². The Hall–Kier alpha value is -0.820. The normalized spacial score (nSPS) is 16.9. The molecule has 0 atom stereocenters. The summed E-state index contributed by atoms with van der Waals surface area (Å²) in [6.07, 6.45) is 2.21. The monoisotopic (exact) mass is 331 g/mol. The van der Waals surface area contributed by atoms with Crippen LogP contribution in [0.1, 0.15) is 12.8 Å². The lowest BCUT2D eigenvalue weighted by molar-refractivity contribution is 0.439. The standard InChI is InChI=1S/C12H15Cl2N5S/c1-15-7-2-4-19(5-3-7)12-16-11(17-18-12)8-6-9(13)20-10(8)14/h6-7,15H,2-5H2,1H3,(H,16,17,18). The third-order valence-corrected chi connectivity index (χ3v) is 5.06. The number of hydrogen-bond donors (Lipinski definition) is 2. The zero-order chi connectivity index (χ0) is 14.1. The van der Waals surface area contributed by atoms with Crippen molar-refractivity contribution in [1.29, 1.82) is 0 Å². The Morgan fingerprint density at radius 1 is 1.40 bits per heavy atom. The van der Waals surface area contributed by atoms with Gasteiger partial charge in [0.2, 0.25) is 5.95 Å². The minimum Gasteiger partial charge on any atom is -0.339 e. The molecule has 3 heterocycles. The Balaban J connectivity index is 1.76. The number of H-pyrrole nitrogens is 1. The smallest absolute Gasteiger partial charge is 0.245 e. The quantitative estimate of drug-likeness (QED) is 0.907. The number of anilines is 1. The van der Waals surface area contributed by atoms with Crippen molar-refractivity contribution in [1.82, 2.24) is 20.5 Å². The fourth-order valence-electron chi connectivity index (χ4n) is 2.38. The van der Waals surface area contributed by atoms with Crippen LogP contribution >= 0.6 is 34.5 Å². The fraction of sp³-hybridized carbons (Fsp3) is 0.500. The molecule has 3 rings (SSSR count). The minimum atomic E-state index is 0.592. The molecule has 0 unspecified atom stereocenters. The maximum atomic E-state index is 6.14. The lowest BCUT2D eigenvalue weighted by Gasteiger charge is -2.30. The summed E-state index contributed by atoms with van der Waals surface area (Å²) >= 11 is 13.4. The second kappa shape index (κ2) is 5.89. The summed E-state index contributed by atoms with van der Waals surface area (Å²) in [5.74, 6) is 1.40. The molecule has 0 amide bonds. The topological polar surface area (TPSA) is 56.8 Å². The highest BCUT2D eigenvalue weighted by Gasteiger charge is 2.21. The number of hydrogen-bond acceptors (Lipinski definition) is 5. The van der Waals surface area contributed by atoms with Crippen LogP contribution in [-0.4, -0.2) is 41.4 Å². The van der Waals surface area contributed by atoms with Gasteiger partial charge in [0.15, 0.2) is 5.82 Å². The lowest BCUT2D eigenvalue weighted by Crippen LogP contribution is -2.41. The summed E-state index contributed by atoms with van der Waals surface area (Å²) in [6, 6.07) is 2.40. The molecule has 108 valence electrons. The molecular weight excluding hydrogens is 317 g/mol. The second-order valence-corrected chi connectivity index (χ2v) is 7.06. The number of rotatable bonds is 3. The van der Waals surface area contributed by atoms with Crippen molar-refractivity contribution < 1.29 is 0 Å². The summed E-state index contributed by atoms with van der Waals surface area (Å²) in [7, 11) is 2.01. The van der Waals surface area contributed by atoms with E-state index in [2.05, 4.69) is 25.4 Å². The van der Waals surface area contributed by atoms with Crippen molar-refractivity contribution >= 4 is 40.5 Å². The van der Waals surface area contributed by atoms with Gasteiger partial charge in [-0.2, -0.15) is 4.98 Å². The number of halogens is 2. The van der Waals surface area contributed by atoms with Crippen LogP contribution in [0.4, 0.5) is 5.95 Å². The first-order valence-corrected chi connectivity index (χ1v) is 8.04. The molecule has 2 N–H and O–H groups in total. The van der Waals surface area contributed by atoms with E-state index in [9.17, 15) is 0 Å². The van der Waals surface area contributed by atoms with Gasteiger partial charge in [0.05, 0.1) is 4.34 Å². The van der Waals surface area contributed by atoms with Crippen LogP contribution in [0.3, 0.4) is 0 Å². The van der Waals surface area contributed by atoms with E-state index >= 15 is 0 Å². The van der Waals surface area contributed by atoms with Gasteiger partial charge in [0.1, 0.15) is 4.34 Å². The Morgan fingerprint density at radius 3 is 2.75 bits per heavy atom. The van der Waals surface area contributed by atoms with Gasteiger partial charge in [-0.3, -0.25) is 5.10 Å². The van der Waals surface area contributed by atoms with Gasteiger partial charge in [-0.25, -0.2) is 0 Å². The molecule has 1 aliphatic heterocycles. The molecule has 8 heteroatoms. The highest BCUT2D eigenvalue weighted by Crippen LogP contribution is 2.37. The van der Waals surface area contributed by atoms with E-state index in [0.29, 0.717) is 20.5 Å². The van der Waals surface area contributed by atoms with E-state index in [1.807, 2.05) is 13.1 Å². The third-order valence-electron chi connectivity index (χ3n) is 3.57. The van der Waals surface area contributed by atoms with Crippen LogP contribution in [0.2, 0.25) is 8.67 Å². The maximum Gasteiger partial charge on any atom is 0.245 e. The summed E-state index contributed by atoms with van der Waals surface area (Å²) < 4.78 is 1.28. The highest BCUT2D eigenvalue weighted by atomic mass is 35.5. The van der Waals surface area contributed by atoms with Crippen molar-refractivity contribution in [2.45, 2.75) is 18.9 Å². The van der Waals surface area contributed by atoms with E-state index in [-0.39, 0.29) is 0 Å². The van der Waals surface area contributed by atoms with Crippen molar-refractivity contribution in [3.63, 3.8) is 0 Å². The average Bonchev–Trinajstić information content (AvgIpc) is 3.05. The molecule has 0 spiro atoms. The van der Waals surface area contributed by atoms with Gasteiger partial charge in [-0.1, -0.05) is 23.2 Å². The molecule has 0 aromatic carbocycles. The molecule has 1 fully saturated rings. The number of aromatic amines is 1. The molecule has 2 aromatic heterocycles. The summed E-state index contributed by atoms with van der Waals surface area (Å²) in [5.41, 5.74) is 0.811. The van der Waals surface area contributed by atoms with E-state index in [1.165, 1.54) is 11.3 Å². The van der Waals surface area contributed by atoms with E-state index < -0.39 is 0 Å². The molecule has 1 saturated heterocycles. The molecule has 20 heavy (non-hydrogen) atoms. The third kappa shape index (κ3) is 2.79. The SMILES string of the molecule is CNC1CCN(c2n[nH]c(-c3cc(Cl)sc3Cl)n2)CC1. The van der Waals surface area contributed by atoms with Crippen LogP contribution in [0.5, 0.6) is 0 Å². The molecular formula is C12H15Cl2N5S. The largest absolute Gasteiger partial charge is 0.339 e. The lowest BCUT2D eigenvalue weighted by atomic mass is 10.1. The molecule has 0 saturated carbocycles. The van der Waals surface area contributed by atoms with Crippen molar-refractivity contribution in [3.8, 4) is 11.4 Å². The first-order valence-electron chi connectivity index (χ1n) is 6.47. The molecule has 0 bridgehead atoms. The number of aromatic nitrogens is 3. The summed E-state index contributed by atoms with van der Waals surface area (Å²) in [4.78, 5) is 6.72. The Bertz CT molecular complexity index is 588. The van der Waals surface area contributed by atoms with Crippen LogP contribution < -0.4 is 10.2 Å². The van der Waals surface area contributed by atoms with Crippen molar-refractivity contribution in [2.75, 3.05) is 25.0 Å². The number of nitrogens with one attached hydrogen (secondary N) is 2. The molecule has 2 aromatic rings. The van der Waals surface area contributed by atoms with Crippen LogP contribution in [0, 0.1) is 0 Å². The molecule has 1 aliphatic rings. The van der Waals surface area contributed by atoms with E-state index in [1.54, 1.807) is 0 Å². The fourth-order valence-corrected chi connectivity index (χ4v) is 3.85. The summed E-state index contributed by atoms with van der Waals surface area (Å²) in [5, 5.41) is 10.5. The van der Waals surface area contributed by atoms with E-state index in [4.69, 9.17) is 23.2 Å².